The number of benzene rings is 1. The monoisotopic (exact) mass is 345 g/mol. The number of likely N-dealkylation sites (tertiary alicyclic amines) is 1. The Labute approximate surface area is 148 Å². The molecule has 2 heterocycles. The zero-order valence-electron chi connectivity index (χ0n) is 14.9. The molecule has 1 aliphatic heterocycles. The molecule has 1 unspecified atom stereocenters. The van der Waals surface area contributed by atoms with Crippen LogP contribution in [-0.2, 0) is 6.42 Å². The summed E-state index contributed by atoms with van der Waals surface area (Å²) in [6.45, 7) is 4.89. The molecule has 1 aliphatic rings. The van der Waals surface area contributed by atoms with Gasteiger partial charge in [-0.3, -0.25) is 0 Å². The molecular weight excluding hydrogens is 318 g/mol. The fourth-order valence-electron chi connectivity index (χ4n) is 3.46. The minimum Gasteiger partial charge on any atom is -0.490 e. The van der Waals surface area contributed by atoms with E-state index >= 15 is 0 Å². The lowest BCUT2D eigenvalue weighted by Gasteiger charge is -2.28. The summed E-state index contributed by atoms with van der Waals surface area (Å²) in [6.07, 6.45) is 4.52. The molecule has 3 rings (SSSR count). The molecule has 2 aromatic rings. The Morgan fingerprint density at radius 3 is 2.76 bits per heavy atom. The third-order valence-corrected chi connectivity index (χ3v) is 4.69. The van der Waals surface area contributed by atoms with Crippen LogP contribution in [-0.4, -0.2) is 42.4 Å². The maximum atomic E-state index is 12.3. The molecule has 1 fully saturated rings. The summed E-state index contributed by atoms with van der Waals surface area (Å²) >= 11 is 0. The molecule has 0 saturated carbocycles. The van der Waals surface area contributed by atoms with Gasteiger partial charge in [0.1, 0.15) is 24.0 Å². The van der Waals surface area contributed by atoms with Crippen LogP contribution in [0, 0.1) is 0 Å². The van der Waals surface area contributed by atoms with Gasteiger partial charge in [-0.15, -0.1) is 0 Å². The first-order valence-corrected chi connectivity index (χ1v) is 9.27. The van der Waals surface area contributed by atoms with Crippen LogP contribution in [0.15, 0.2) is 33.5 Å². The van der Waals surface area contributed by atoms with E-state index in [0.717, 1.165) is 24.9 Å². The number of aliphatic hydroxyl groups is 1. The Morgan fingerprint density at radius 1 is 1.24 bits per heavy atom. The number of β-amino-alcohol motifs (C(OH)–C–C–N with tert-alkyl or cyclic N) is 1. The van der Waals surface area contributed by atoms with Crippen LogP contribution in [0.4, 0.5) is 0 Å². The maximum absolute atomic E-state index is 12.3. The van der Waals surface area contributed by atoms with E-state index in [4.69, 9.17) is 9.15 Å². The highest BCUT2D eigenvalue weighted by Gasteiger charge is 2.19. The van der Waals surface area contributed by atoms with Crippen LogP contribution in [0.25, 0.3) is 11.0 Å². The average Bonchev–Trinajstić information content (AvgIpc) is 2.62. The maximum Gasteiger partial charge on any atom is 0.343 e. The fourth-order valence-corrected chi connectivity index (χ4v) is 3.46. The van der Waals surface area contributed by atoms with Gasteiger partial charge in [0.05, 0.1) is 10.9 Å². The second kappa shape index (κ2) is 8.50. The van der Waals surface area contributed by atoms with Crippen molar-refractivity contribution in [2.45, 2.75) is 45.1 Å². The Kier molecular flexibility index (Phi) is 6.10. The number of piperidine rings is 1. The first kappa shape index (κ1) is 18.0. The van der Waals surface area contributed by atoms with Crippen LogP contribution >= 0.6 is 0 Å². The van der Waals surface area contributed by atoms with Gasteiger partial charge in [-0.05, 0) is 44.5 Å². The number of hydrogen-bond acceptors (Lipinski definition) is 5. The third kappa shape index (κ3) is 4.41. The quantitative estimate of drug-likeness (QED) is 0.782. The number of para-hydroxylation sites is 1. The molecule has 5 heteroatoms. The number of nitrogens with zero attached hydrogens (tertiary/aromatic N) is 1. The van der Waals surface area contributed by atoms with E-state index in [2.05, 4.69) is 4.90 Å². The van der Waals surface area contributed by atoms with E-state index in [9.17, 15) is 9.90 Å². The van der Waals surface area contributed by atoms with Crippen LogP contribution in [0.5, 0.6) is 5.75 Å². The van der Waals surface area contributed by atoms with Crippen molar-refractivity contribution in [2.24, 2.45) is 0 Å². The van der Waals surface area contributed by atoms with Gasteiger partial charge in [0.2, 0.25) is 0 Å². The van der Waals surface area contributed by atoms with E-state index < -0.39 is 6.10 Å². The van der Waals surface area contributed by atoms with Crippen molar-refractivity contribution >= 4 is 11.0 Å². The average molecular weight is 345 g/mol. The smallest absolute Gasteiger partial charge is 0.343 e. The van der Waals surface area contributed by atoms with Gasteiger partial charge in [-0.1, -0.05) is 31.9 Å². The lowest BCUT2D eigenvalue weighted by atomic mass is 10.1. The van der Waals surface area contributed by atoms with Crippen LogP contribution in [0.2, 0.25) is 0 Å². The standard InChI is InChI=1S/C20H27NO4/c1-2-8-17-19(16-9-4-5-10-18(16)25-20(17)23)24-14-15(22)13-21-11-6-3-7-12-21/h4-5,9-10,15,22H,2-3,6-8,11-14H2,1H3. The Morgan fingerprint density at radius 2 is 2.00 bits per heavy atom. The highest BCUT2D eigenvalue weighted by atomic mass is 16.5. The van der Waals surface area contributed by atoms with E-state index in [1.54, 1.807) is 6.07 Å². The van der Waals surface area contributed by atoms with Crippen molar-refractivity contribution in [3.05, 3.63) is 40.2 Å². The molecular formula is C20H27NO4. The largest absolute Gasteiger partial charge is 0.490 e. The molecule has 0 bridgehead atoms. The number of aliphatic hydroxyl groups excluding tert-OH is 1. The molecule has 1 aromatic heterocycles. The molecule has 1 saturated heterocycles. The summed E-state index contributed by atoms with van der Waals surface area (Å²) in [5.74, 6) is 0.561. The summed E-state index contributed by atoms with van der Waals surface area (Å²) in [5, 5.41) is 11.1. The van der Waals surface area contributed by atoms with Crippen molar-refractivity contribution in [1.82, 2.24) is 4.90 Å². The van der Waals surface area contributed by atoms with E-state index in [-0.39, 0.29) is 12.2 Å². The summed E-state index contributed by atoms with van der Waals surface area (Å²) in [6, 6.07) is 7.39. The Bertz CT molecular complexity index is 749. The van der Waals surface area contributed by atoms with Crippen molar-refractivity contribution in [3.63, 3.8) is 0 Å². The minimum absolute atomic E-state index is 0.181. The normalized spacial score (nSPS) is 16.9. The van der Waals surface area contributed by atoms with Gasteiger partial charge in [0, 0.05) is 6.54 Å². The van der Waals surface area contributed by atoms with Gasteiger partial charge < -0.3 is 19.2 Å². The molecule has 25 heavy (non-hydrogen) atoms. The molecule has 1 aromatic carbocycles. The van der Waals surface area contributed by atoms with Crippen molar-refractivity contribution in [3.8, 4) is 5.75 Å². The molecule has 136 valence electrons. The lowest BCUT2D eigenvalue weighted by Crippen LogP contribution is -2.38. The van der Waals surface area contributed by atoms with Crippen LogP contribution in [0.1, 0.15) is 38.2 Å². The van der Waals surface area contributed by atoms with Crippen molar-refractivity contribution in [1.29, 1.82) is 0 Å². The van der Waals surface area contributed by atoms with Gasteiger partial charge in [0.25, 0.3) is 0 Å². The first-order valence-electron chi connectivity index (χ1n) is 9.27. The minimum atomic E-state index is -0.571. The van der Waals surface area contributed by atoms with Crippen molar-refractivity contribution < 1.29 is 14.3 Å². The van der Waals surface area contributed by atoms with E-state index in [1.807, 2.05) is 25.1 Å². The number of rotatable bonds is 7. The summed E-state index contributed by atoms with van der Waals surface area (Å²) in [5.41, 5.74) is 0.736. The summed E-state index contributed by atoms with van der Waals surface area (Å²) in [7, 11) is 0. The topological polar surface area (TPSA) is 62.9 Å². The van der Waals surface area contributed by atoms with Crippen LogP contribution < -0.4 is 10.4 Å². The second-order valence-corrected chi connectivity index (χ2v) is 6.77. The number of hydrogen-bond donors (Lipinski definition) is 1. The highest BCUT2D eigenvalue weighted by molar-refractivity contribution is 5.84. The van der Waals surface area contributed by atoms with Gasteiger partial charge in [0.15, 0.2) is 0 Å². The lowest BCUT2D eigenvalue weighted by molar-refractivity contribution is 0.0617. The predicted octanol–water partition coefficient (Wildman–Crippen LogP) is 2.97. The number of fused-ring (bicyclic) bond motifs is 1. The summed E-state index contributed by atoms with van der Waals surface area (Å²) < 4.78 is 11.4. The first-order chi connectivity index (χ1) is 12.2. The molecule has 5 nitrogen and oxygen atoms in total. The van der Waals surface area contributed by atoms with E-state index in [0.29, 0.717) is 29.9 Å². The zero-order valence-corrected chi connectivity index (χ0v) is 14.9. The molecule has 0 spiro atoms. The second-order valence-electron chi connectivity index (χ2n) is 6.77. The molecule has 0 aliphatic carbocycles. The third-order valence-electron chi connectivity index (χ3n) is 4.69. The van der Waals surface area contributed by atoms with E-state index in [1.165, 1.54) is 19.3 Å². The highest BCUT2D eigenvalue weighted by Crippen LogP contribution is 2.28. The number of ether oxygens (including phenoxy) is 1. The predicted molar refractivity (Wildman–Crippen MR) is 98.3 cm³/mol. The summed E-state index contributed by atoms with van der Waals surface area (Å²) in [4.78, 5) is 14.6. The molecule has 1 atom stereocenters. The van der Waals surface area contributed by atoms with Gasteiger partial charge in [-0.25, -0.2) is 4.79 Å². The van der Waals surface area contributed by atoms with Gasteiger partial charge >= 0.3 is 5.63 Å². The van der Waals surface area contributed by atoms with Crippen LogP contribution in [0.3, 0.4) is 0 Å². The van der Waals surface area contributed by atoms with Crippen molar-refractivity contribution in [2.75, 3.05) is 26.2 Å². The molecule has 1 N–H and O–H groups in total. The zero-order chi connectivity index (χ0) is 17.6. The fraction of sp³-hybridized carbons (Fsp3) is 0.550. The molecule has 0 amide bonds. The van der Waals surface area contributed by atoms with Gasteiger partial charge in [-0.2, -0.15) is 0 Å². The Balaban J connectivity index is 1.77. The Hall–Kier alpha value is -1.85. The molecule has 0 radical (unpaired) electrons. The SMILES string of the molecule is CCCc1c(OCC(O)CN2CCCCC2)c2ccccc2oc1=O.